The van der Waals surface area contributed by atoms with Crippen LogP contribution in [0, 0.1) is 0 Å². The Morgan fingerprint density at radius 2 is 1.95 bits per heavy atom. The van der Waals surface area contributed by atoms with E-state index in [4.69, 9.17) is 16.2 Å². The molecule has 1 aromatic rings. The Morgan fingerprint density at radius 1 is 1.26 bits per heavy atom. The van der Waals surface area contributed by atoms with Crippen molar-refractivity contribution in [1.82, 2.24) is 4.90 Å². The third kappa shape index (κ3) is 6.79. The highest BCUT2D eigenvalue weighted by Gasteiger charge is 2.08. The van der Waals surface area contributed by atoms with Crippen molar-refractivity contribution in [3.05, 3.63) is 29.8 Å². The Hall–Kier alpha value is -1.59. The molecule has 0 radical (unpaired) electrons. The molecule has 5 heteroatoms. The van der Waals surface area contributed by atoms with Crippen LogP contribution in [0.5, 0.6) is 0 Å². The van der Waals surface area contributed by atoms with Gasteiger partial charge in [-0.2, -0.15) is 0 Å². The zero-order valence-electron chi connectivity index (χ0n) is 11.5. The number of unbranched alkanes of at least 4 members (excludes halogenated alkanes) is 1. The van der Waals surface area contributed by atoms with Crippen LogP contribution in [0.25, 0.3) is 0 Å². The number of carbonyl (C=O) groups is 1. The number of benzene rings is 1. The fraction of sp³-hybridized carbons (Fsp3) is 0.500. The highest BCUT2D eigenvalue weighted by atomic mass is 16.5. The molecule has 0 bridgehead atoms. The number of nitrogens with zero attached hydrogens (tertiary/aromatic N) is 1. The second kappa shape index (κ2) is 8.50. The second-order valence-electron chi connectivity index (χ2n) is 4.62. The number of carbonyl (C=O) groups excluding carboxylic acids is 1. The molecule has 19 heavy (non-hydrogen) atoms. The highest BCUT2D eigenvalue weighted by molar-refractivity contribution is 5.75. The topological polar surface area (TPSA) is 81.6 Å². The van der Waals surface area contributed by atoms with Crippen LogP contribution in [-0.2, 0) is 16.1 Å². The van der Waals surface area contributed by atoms with E-state index in [1.54, 1.807) is 7.11 Å². The first-order valence-corrected chi connectivity index (χ1v) is 6.46. The van der Waals surface area contributed by atoms with Gasteiger partial charge in [0, 0.05) is 25.9 Å². The van der Waals surface area contributed by atoms with Crippen molar-refractivity contribution >= 4 is 11.6 Å². The van der Waals surface area contributed by atoms with Crippen LogP contribution >= 0.6 is 0 Å². The standard InChI is InChI=1S/C14H23N3O2/c1-19-9-3-2-8-17(11-14(16)18)10-12-4-6-13(15)7-5-12/h4-7H,2-3,8-11,15H2,1H3,(H2,16,18). The fourth-order valence-electron chi connectivity index (χ4n) is 1.90. The maximum Gasteiger partial charge on any atom is 0.231 e. The first kappa shape index (κ1) is 15.5. The molecule has 0 saturated heterocycles. The van der Waals surface area contributed by atoms with Gasteiger partial charge in [0.25, 0.3) is 0 Å². The van der Waals surface area contributed by atoms with Gasteiger partial charge in [-0.15, -0.1) is 0 Å². The maximum absolute atomic E-state index is 11.1. The van der Waals surface area contributed by atoms with Crippen molar-refractivity contribution in [1.29, 1.82) is 0 Å². The minimum atomic E-state index is -0.304. The molecule has 0 fully saturated rings. The molecule has 1 aromatic carbocycles. The third-order valence-electron chi connectivity index (χ3n) is 2.84. The number of primary amides is 1. The summed E-state index contributed by atoms with van der Waals surface area (Å²) in [6.45, 7) is 2.55. The molecule has 0 aliphatic rings. The number of ether oxygens (including phenoxy) is 1. The van der Waals surface area contributed by atoms with Gasteiger partial charge in [-0.05, 0) is 37.1 Å². The molecular formula is C14H23N3O2. The van der Waals surface area contributed by atoms with Gasteiger partial charge >= 0.3 is 0 Å². The minimum absolute atomic E-state index is 0.275. The monoisotopic (exact) mass is 265 g/mol. The lowest BCUT2D eigenvalue weighted by Gasteiger charge is -2.20. The Bertz CT molecular complexity index is 379. The van der Waals surface area contributed by atoms with Crippen LogP contribution in [0.4, 0.5) is 5.69 Å². The number of amides is 1. The number of nitrogen functional groups attached to an aromatic ring is 1. The van der Waals surface area contributed by atoms with Crippen molar-refractivity contribution in [3.63, 3.8) is 0 Å². The molecule has 0 aromatic heterocycles. The number of methoxy groups -OCH3 is 1. The lowest BCUT2D eigenvalue weighted by Crippen LogP contribution is -2.34. The summed E-state index contributed by atoms with van der Waals surface area (Å²) in [6.07, 6.45) is 1.96. The van der Waals surface area contributed by atoms with Crippen molar-refractivity contribution in [2.24, 2.45) is 5.73 Å². The lowest BCUT2D eigenvalue weighted by atomic mass is 10.2. The molecule has 0 heterocycles. The predicted octanol–water partition coefficient (Wildman–Crippen LogP) is 0.983. The molecule has 1 rings (SSSR count). The van der Waals surface area contributed by atoms with Crippen molar-refractivity contribution in [2.45, 2.75) is 19.4 Å². The Kier molecular flexibility index (Phi) is 6.92. The summed E-state index contributed by atoms with van der Waals surface area (Å²) in [5, 5.41) is 0. The van der Waals surface area contributed by atoms with Gasteiger partial charge in [-0.3, -0.25) is 9.69 Å². The van der Waals surface area contributed by atoms with Gasteiger partial charge in [-0.25, -0.2) is 0 Å². The Labute approximate surface area is 114 Å². The van der Waals surface area contributed by atoms with E-state index in [0.717, 1.165) is 37.2 Å². The molecule has 0 saturated carbocycles. The van der Waals surface area contributed by atoms with Gasteiger partial charge < -0.3 is 16.2 Å². The predicted molar refractivity (Wildman–Crippen MR) is 76.4 cm³/mol. The fourth-order valence-corrected chi connectivity index (χ4v) is 1.90. The second-order valence-corrected chi connectivity index (χ2v) is 4.62. The number of anilines is 1. The van der Waals surface area contributed by atoms with E-state index < -0.39 is 0 Å². The summed E-state index contributed by atoms with van der Waals surface area (Å²) < 4.78 is 5.01. The van der Waals surface area contributed by atoms with Crippen LogP contribution in [0.2, 0.25) is 0 Å². The third-order valence-corrected chi connectivity index (χ3v) is 2.84. The Balaban J connectivity index is 2.48. The zero-order chi connectivity index (χ0) is 14.1. The van der Waals surface area contributed by atoms with Crippen LogP contribution in [0.1, 0.15) is 18.4 Å². The zero-order valence-corrected chi connectivity index (χ0v) is 11.5. The van der Waals surface area contributed by atoms with E-state index in [9.17, 15) is 4.79 Å². The van der Waals surface area contributed by atoms with E-state index in [1.165, 1.54) is 0 Å². The molecule has 106 valence electrons. The molecule has 0 spiro atoms. The molecular weight excluding hydrogens is 242 g/mol. The van der Waals surface area contributed by atoms with E-state index in [0.29, 0.717) is 6.54 Å². The van der Waals surface area contributed by atoms with Crippen LogP contribution < -0.4 is 11.5 Å². The van der Waals surface area contributed by atoms with E-state index in [1.807, 2.05) is 29.2 Å². The average molecular weight is 265 g/mol. The van der Waals surface area contributed by atoms with Crippen molar-refractivity contribution in [2.75, 3.05) is 32.5 Å². The largest absolute Gasteiger partial charge is 0.399 e. The molecule has 4 N–H and O–H groups in total. The van der Waals surface area contributed by atoms with E-state index in [2.05, 4.69) is 0 Å². The van der Waals surface area contributed by atoms with Gasteiger partial charge in [-0.1, -0.05) is 12.1 Å². The Morgan fingerprint density at radius 3 is 2.53 bits per heavy atom. The molecule has 0 atom stereocenters. The highest BCUT2D eigenvalue weighted by Crippen LogP contribution is 2.09. The van der Waals surface area contributed by atoms with E-state index in [-0.39, 0.29) is 12.5 Å². The minimum Gasteiger partial charge on any atom is -0.399 e. The first-order chi connectivity index (χ1) is 9.11. The number of hydrogen-bond acceptors (Lipinski definition) is 4. The maximum atomic E-state index is 11.1. The summed E-state index contributed by atoms with van der Waals surface area (Å²) in [5.41, 5.74) is 12.8. The number of nitrogens with two attached hydrogens (primary N) is 2. The SMILES string of the molecule is COCCCCN(CC(N)=O)Cc1ccc(N)cc1. The van der Waals surface area contributed by atoms with Crippen molar-refractivity contribution < 1.29 is 9.53 Å². The lowest BCUT2D eigenvalue weighted by molar-refractivity contribution is -0.119. The summed E-state index contributed by atoms with van der Waals surface area (Å²) in [5.74, 6) is -0.304. The summed E-state index contributed by atoms with van der Waals surface area (Å²) in [6, 6.07) is 7.67. The van der Waals surface area contributed by atoms with Gasteiger partial charge in [0.15, 0.2) is 0 Å². The van der Waals surface area contributed by atoms with Gasteiger partial charge in [0.05, 0.1) is 6.54 Å². The smallest absolute Gasteiger partial charge is 0.231 e. The molecule has 1 amide bonds. The molecule has 0 aliphatic heterocycles. The summed E-state index contributed by atoms with van der Waals surface area (Å²) in [7, 11) is 1.69. The summed E-state index contributed by atoms with van der Waals surface area (Å²) >= 11 is 0. The normalized spacial score (nSPS) is 10.8. The molecule has 0 aliphatic carbocycles. The number of rotatable bonds is 9. The number of hydrogen-bond donors (Lipinski definition) is 2. The first-order valence-electron chi connectivity index (χ1n) is 6.46. The van der Waals surface area contributed by atoms with Gasteiger partial charge in [0.1, 0.15) is 0 Å². The van der Waals surface area contributed by atoms with Crippen molar-refractivity contribution in [3.8, 4) is 0 Å². The molecule has 5 nitrogen and oxygen atoms in total. The van der Waals surface area contributed by atoms with Crippen LogP contribution in [0.3, 0.4) is 0 Å². The average Bonchev–Trinajstić information content (AvgIpc) is 2.36. The molecule has 0 unspecified atom stereocenters. The quantitative estimate of drug-likeness (QED) is 0.515. The van der Waals surface area contributed by atoms with E-state index >= 15 is 0 Å². The van der Waals surface area contributed by atoms with Crippen LogP contribution in [-0.4, -0.2) is 37.6 Å². The van der Waals surface area contributed by atoms with Gasteiger partial charge in [0.2, 0.25) is 5.91 Å². The van der Waals surface area contributed by atoms with Crippen LogP contribution in [0.15, 0.2) is 24.3 Å². The summed E-state index contributed by atoms with van der Waals surface area (Å²) in [4.78, 5) is 13.1.